The van der Waals surface area contributed by atoms with Gasteiger partial charge in [-0.15, -0.1) is 0 Å². The molecule has 2 aromatic carbocycles. The fourth-order valence-electron chi connectivity index (χ4n) is 3.82. The van der Waals surface area contributed by atoms with Crippen LogP contribution in [-0.2, 0) is 6.42 Å². The van der Waals surface area contributed by atoms with Gasteiger partial charge in [0.05, 0.1) is 6.04 Å². The standard InChI is InChI=1S/C23H27N3O2/c1-3-4-10-22-24-19-15-18(11-12-21(19)28-22)23(27)26-14-13-25(2)20(16-26)17-8-6-5-7-9-17/h5-9,11-12,15,20H,3-4,10,13-14,16H2,1-2H3/t20-/m1/s1. The van der Waals surface area contributed by atoms with Gasteiger partial charge in [-0.2, -0.15) is 0 Å². The Bertz CT molecular complexity index is 951. The minimum Gasteiger partial charge on any atom is -0.441 e. The van der Waals surface area contributed by atoms with Gasteiger partial charge in [0, 0.05) is 31.6 Å². The van der Waals surface area contributed by atoms with Gasteiger partial charge in [0.15, 0.2) is 11.5 Å². The van der Waals surface area contributed by atoms with E-state index in [9.17, 15) is 4.79 Å². The van der Waals surface area contributed by atoms with Crippen LogP contribution < -0.4 is 0 Å². The molecule has 146 valence electrons. The molecular weight excluding hydrogens is 350 g/mol. The summed E-state index contributed by atoms with van der Waals surface area (Å²) < 4.78 is 5.80. The first-order valence-electron chi connectivity index (χ1n) is 10.1. The van der Waals surface area contributed by atoms with Crippen molar-refractivity contribution in [1.82, 2.24) is 14.8 Å². The van der Waals surface area contributed by atoms with Gasteiger partial charge >= 0.3 is 0 Å². The van der Waals surface area contributed by atoms with Crippen molar-refractivity contribution in [1.29, 1.82) is 0 Å². The number of aryl methyl sites for hydroxylation is 1. The lowest BCUT2D eigenvalue weighted by atomic mass is 10.0. The zero-order valence-corrected chi connectivity index (χ0v) is 16.6. The van der Waals surface area contributed by atoms with Gasteiger partial charge in [-0.3, -0.25) is 9.69 Å². The van der Waals surface area contributed by atoms with Crippen LogP contribution in [0.1, 0.15) is 47.6 Å². The van der Waals surface area contributed by atoms with E-state index >= 15 is 0 Å². The molecule has 5 nitrogen and oxygen atoms in total. The van der Waals surface area contributed by atoms with Crippen molar-refractivity contribution < 1.29 is 9.21 Å². The minimum absolute atomic E-state index is 0.0639. The predicted molar refractivity (Wildman–Crippen MR) is 110 cm³/mol. The van der Waals surface area contributed by atoms with Gasteiger partial charge in [-0.25, -0.2) is 4.98 Å². The lowest BCUT2D eigenvalue weighted by Crippen LogP contribution is -2.49. The molecule has 0 bridgehead atoms. The van der Waals surface area contributed by atoms with E-state index in [1.807, 2.05) is 29.2 Å². The normalized spacial score (nSPS) is 17.9. The first kappa shape index (κ1) is 18.7. The minimum atomic E-state index is 0.0639. The van der Waals surface area contributed by atoms with Crippen LogP contribution in [0.4, 0.5) is 0 Å². The number of unbranched alkanes of at least 4 members (excludes halogenated alkanes) is 1. The summed E-state index contributed by atoms with van der Waals surface area (Å²) in [4.78, 5) is 22.0. The zero-order chi connectivity index (χ0) is 19.5. The third-order valence-corrected chi connectivity index (χ3v) is 5.54. The van der Waals surface area contributed by atoms with E-state index < -0.39 is 0 Å². The lowest BCUT2D eigenvalue weighted by Gasteiger charge is -2.39. The number of aromatic nitrogens is 1. The summed E-state index contributed by atoms with van der Waals surface area (Å²) in [6.07, 6.45) is 3.00. The number of hydrogen-bond donors (Lipinski definition) is 0. The summed E-state index contributed by atoms with van der Waals surface area (Å²) >= 11 is 0. The van der Waals surface area contributed by atoms with Crippen molar-refractivity contribution in [3.8, 4) is 0 Å². The van der Waals surface area contributed by atoms with Crippen LogP contribution in [0.25, 0.3) is 11.1 Å². The number of hydrogen-bond acceptors (Lipinski definition) is 4. The molecule has 4 rings (SSSR count). The van der Waals surface area contributed by atoms with Crippen molar-refractivity contribution in [2.45, 2.75) is 32.2 Å². The topological polar surface area (TPSA) is 49.6 Å². The fraction of sp³-hybridized carbons (Fsp3) is 0.391. The van der Waals surface area contributed by atoms with E-state index in [1.54, 1.807) is 0 Å². The number of carbonyl (C=O) groups is 1. The highest BCUT2D eigenvalue weighted by Gasteiger charge is 2.29. The third kappa shape index (κ3) is 3.80. The molecule has 1 aliphatic rings. The van der Waals surface area contributed by atoms with E-state index in [-0.39, 0.29) is 11.9 Å². The van der Waals surface area contributed by atoms with Crippen LogP contribution in [0, 0.1) is 0 Å². The summed E-state index contributed by atoms with van der Waals surface area (Å²) in [5.41, 5.74) is 3.45. The lowest BCUT2D eigenvalue weighted by molar-refractivity contribution is 0.0546. The van der Waals surface area contributed by atoms with E-state index in [2.05, 4.69) is 48.1 Å². The van der Waals surface area contributed by atoms with E-state index in [0.717, 1.165) is 49.3 Å². The molecule has 1 fully saturated rings. The summed E-state index contributed by atoms with van der Waals surface area (Å²) in [6.45, 7) is 4.44. The second-order valence-electron chi connectivity index (χ2n) is 7.55. The molecule has 3 aromatic rings. The van der Waals surface area contributed by atoms with Gasteiger partial charge in [0.2, 0.25) is 0 Å². The zero-order valence-electron chi connectivity index (χ0n) is 16.6. The number of fused-ring (bicyclic) bond motifs is 1. The number of benzene rings is 2. The SMILES string of the molecule is CCCCc1nc2cc(C(=O)N3CCN(C)[C@@H](c4ccccc4)C3)ccc2o1. The van der Waals surface area contributed by atoms with E-state index in [4.69, 9.17) is 4.42 Å². The Hall–Kier alpha value is -2.66. The smallest absolute Gasteiger partial charge is 0.254 e. The maximum absolute atomic E-state index is 13.2. The summed E-state index contributed by atoms with van der Waals surface area (Å²) in [6, 6.07) is 16.2. The van der Waals surface area contributed by atoms with Gasteiger partial charge in [-0.05, 0) is 37.2 Å². The van der Waals surface area contributed by atoms with E-state index in [1.165, 1.54) is 5.56 Å². The Morgan fingerprint density at radius 1 is 1.18 bits per heavy atom. The van der Waals surface area contributed by atoms with Crippen molar-refractivity contribution in [3.63, 3.8) is 0 Å². The highest BCUT2D eigenvalue weighted by atomic mass is 16.3. The number of nitrogens with zero attached hydrogens (tertiary/aromatic N) is 3. The molecule has 1 aliphatic heterocycles. The number of oxazole rings is 1. The summed E-state index contributed by atoms with van der Waals surface area (Å²) in [5, 5.41) is 0. The third-order valence-electron chi connectivity index (χ3n) is 5.54. The number of piperazine rings is 1. The highest BCUT2D eigenvalue weighted by Crippen LogP contribution is 2.26. The Labute approximate surface area is 166 Å². The van der Waals surface area contributed by atoms with Crippen LogP contribution in [0.15, 0.2) is 52.9 Å². The second-order valence-corrected chi connectivity index (χ2v) is 7.55. The molecule has 1 amide bonds. The van der Waals surface area contributed by atoms with Crippen LogP contribution in [-0.4, -0.2) is 47.4 Å². The van der Waals surface area contributed by atoms with Crippen molar-refractivity contribution >= 4 is 17.0 Å². The Kier molecular flexibility index (Phi) is 5.44. The molecule has 0 saturated carbocycles. The maximum Gasteiger partial charge on any atom is 0.254 e. The molecule has 5 heteroatoms. The van der Waals surface area contributed by atoms with Gasteiger partial charge in [0.1, 0.15) is 5.52 Å². The van der Waals surface area contributed by atoms with Crippen LogP contribution in [0.5, 0.6) is 0 Å². The average Bonchev–Trinajstić information content (AvgIpc) is 3.14. The van der Waals surface area contributed by atoms with Crippen molar-refractivity contribution in [2.75, 3.05) is 26.7 Å². The van der Waals surface area contributed by atoms with E-state index in [0.29, 0.717) is 12.1 Å². The monoisotopic (exact) mass is 377 g/mol. The maximum atomic E-state index is 13.2. The predicted octanol–water partition coefficient (Wildman–Crippen LogP) is 4.30. The largest absolute Gasteiger partial charge is 0.441 e. The molecule has 2 heterocycles. The average molecular weight is 377 g/mol. The molecule has 1 aromatic heterocycles. The molecular formula is C23H27N3O2. The van der Waals surface area contributed by atoms with Crippen LogP contribution in [0.3, 0.4) is 0 Å². The highest BCUT2D eigenvalue weighted by molar-refractivity contribution is 5.97. The Morgan fingerprint density at radius 3 is 2.79 bits per heavy atom. The molecule has 28 heavy (non-hydrogen) atoms. The van der Waals surface area contributed by atoms with Crippen molar-refractivity contribution in [2.24, 2.45) is 0 Å². The quantitative estimate of drug-likeness (QED) is 0.665. The molecule has 0 aliphatic carbocycles. The van der Waals surface area contributed by atoms with Crippen molar-refractivity contribution in [3.05, 3.63) is 65.5 Å². The number of likely N-dealkylation sites (N-methyl/N-ethyl adjacent to an activating group) is 1. The van der Waals surface area contributed by atoms with Crippen LogP contribution >= 0.6 is 0 Å². The first-order valence-corrected chi connectivity index (χ1v) is 10.1. The molecule has 1 atom stereocenters. The number of carbonyl (C=O) groups excluding carboxylic acids is 1. The van der Waals surface area contributed by atoms with Crippen LogP contribution in [0.2, 0.25) is 0 Å². The molecule has 0 unspecified atom stereocenters. The number of amides is 1. The second kappa shape index (κ2) is 8.15. The van der Waals surface area contributed by atoms with Gasteiger partial charge in [-0.1, -0.05) is 43.7 Å². The first-order chi connectivity index (χ1) is 13.7. The number of rotatable bonds is 5. The Balaban J connectivity index is 1.53. The van der Waals surface area contributed by atoms with Gasteiger partial charge in [0.25, 0.3) is 5.91 Å². The Morgan fingerprint density at radius 2 is 2.00 bits per heavy atom. The molecule has 0 radical (unpaired) electrons. The fourth-order valence-corrected chi connectivity index (χ4v) is 3.82. The molecule has 0 N–H and O–H groups in total. The molecule has 0 spiro atoms. The van der Waals surface area contributed by atoms with Gasteiger partial charge < -0.3 is 9.32 Å². The summed E-state index contributed by atoms with van der Waals surface area (Å²) in [7, 11) is 2.12. The molecule has 1 saturated heterocycles. The summed E-state index contributed by atoms with van der Waals surface area (Å²) in [5.74, 6) is 0.819.